The van der Waals surface area contributed by atoms with Crippen molar-refractivity contribution in [1.82, 2.24) is 5.32 Å². The maximum absolute atomic E-state index is 12.3. The standard InChI is InChI=1S/C24H31N3O4/c1-29-22-4-2-3-5-23(22)31-15-9-25-24(28)18-27-12-10-26(11-13-27)17-19-6-7-21-20(16-19)8-14-30-21/h2-7,16H,8-15,17-18H2,1H3,(H,25,28)/p+2. The highest BCUT2D eigenvalue weighted by Gasteiger charge is 2.25. The molecule has 7 nitrogen and oxygen atoms in total. The maximum atomic E-state index is 12.3. The highest BCUT2D eigenvalue weighted by Crippen LogP contribution is 2.26. The minimum atomic E-state index is 0.0840. The summed E-state index contributed by atoms with van der Waals surface area (Å²) in [6.07, 6.45) is 1.02. The number of rotatable bonds is 9. The van der Waals surface area contributed by atoms with E-state index in [1.807, 2.05) is 24.3 Å². The van der Waals surface area contributed by atoms with Crippen molar-refractivity contribution in [2.24, 2.45) is 0 Å². The van der Waals surface area contributed by atoms with E-state index in [1.165, 1.54) is 16.0 Å². The number of piperazine rings is 1. The predicted octanol–water partition coefficient (Wildman–Crippen LogP) is -0.891. The molecule has 3 N–H and O–H groups in total. The van der Waals surface area contributed by atoms with Crippen LogP contribution in [0, 0.1) is 0 Å². The molecule has 0 aliphatic carbocycles. The zero-order chi connectivity index (χ0) is 21.5. The van der Waals surface area contributed by atoms with Gasteiger partial charge in [0.15, 0.2) is 18.0 Å². The molecule has 0 unspecified atom stereocenters. The quantitative estimate of drug-likeness (QED) is 0.455. The first kappa shape index (κ1) is 21.5. The van der Waals surface area contributed by atoms with E-state index in [4.69, 9.17) is 14.2 Å². The number of hydrogen-bond acceptors (Lipinski definition) is 4. The molecule has 1 fully saturated rings. The number of para-hydroxylation sites is 2. The molecule has 1 amide bonds. The summed E-state index contributed by atoms with van der Waals surface area (Å²) in [6.45, 7) is 7.52. The zero-order valence-electron chi connectivity index (χ0n) is 18.2. The van der Waals surface area contributed by atoms with Gasteiger partial charge >= 0.3 is 0 Å². The molecule has 7 heteroatoms. The maximum Gasteiger partial charge on any atom is 0.275 e. The van der Waals surface area contributed by atoms with Crippen LogP contribution >= 0.6 is 0 Å². The molecule has 2 aliphatic heterocycles. The van der Waals surface area contributed by atoms with Crippen LogP contribution in [0.4, 0.5) is 0 Å². The molecule has 1 saturated heterocycles. The van der Waals surface area contributed by atoms with E-state index in [2.05, 4.69) is 23.5 Å². The van der Waals surface area contributed by atoms with Crippen molar-refractivity contribution < 1.29 is 28.8 Å². The van der Waals surface area contributed by atoms with Crippen LogP contribution < -0.4 is 29.3 Å². The Hall–Kier alpha value is -2.77. The Morgan fingerprint density at radius 2 is 1.84 bits per heavy atom. The Balaban J connectivity index is 1.12. The number of benzene rings is 2. The summed E-state index contributed by atoms with van der Waals surface area (Å²) in [7, 11) is 1.62. The fraction of sp³-hybridized carbons (Fsp3) is 0.458. The highest BCUT2D eigenvalue weighted by atomic mass is 16.5. The minimum absolute atomic E-state index is 0.0840. The van der Waals surface area contributed by atoms with E-state index in [0.717, 1.165) is 51.5 Å². The summed E-state index contributed by atoms with van der Waals surface area (Å²) in [5, 5.41) is 2.97. The SMILES string of the molecule is COc1ccccc1OCCNC(=O)C[NH+]1CC[NH+](Cc2ccc3c(c2)CCO3)CC1. The lowest BCUT2D eigenvalue weighted by Crippen LogP contribution is -3.28. The lowest BCUT2D eigenvalue weighted by Gasteiger charge is -2.29. The second kappa shape index (κ2) is 10.5. The number of carbonyl (C=O) groups is 1. The third-order valence-corrected chi connectivity index (χ3v) is 6.03. The van der Waals surface area contributed by atoms with Crippen LogP contribution in [0.1, 0.15) is 11.1 Å². The molecule has 0 saturated carbocycles. The first-order valence-corrected chi connectivity index (χ1v) is 11.2. The third-order valence-electron chi connectivity index (χ3n) is 6.03. The van der Waals surface area contributed by atoms with E-state index in [0.29, 0.717) is 31.2 Å². The molecule has 31 heavy (non-hydrogen) atoms. The van der Waals surface area contributed by atoms with Gasteiger partial charge in [0.2, 0.25) is 0 Å². The summed E-state index contributed by atoms with van der Waals surface area (Å²) in [5.74, 6) is 2.53. The van der Waals surface area contributed by atoms with Crippen molar-refractivity contribution in [3.8, 4) is 17.2 Å². The predicted molar refractivity (Wildman–Crippen MR) is 117 cm³/mol. The summed E-state index contributed by atoms with van der Waals surface area (Å²) < 4.78 is 16.6. The number of ether oxygens (including phenoxy) is 3. The summed E-state index contributed by atoms with van der Waals surface area (Å²) in [5.41, 5.74) is 2.73. The van der Waals surface area contributed by atoms with Gasteiger partial charge in [-0.3, -0.25) is 4.79 Å². The van der Waals surface area contributed by atoms with Crippen LogP contribution in [0.2, 0.25) is 0 Å². The molecule has 2 aromatic carbocycles. The van der Waals surface area contributed by atoms with Gasteiger partial charge < -0.3 is 29.3 Å². The Bertz CT molecular complexity index is 881. The normalized spacial score (nSPS) is 19.9. The Morgan fingerprint density at radius 1 is 1.06 bits per heavy atom. The van der Waals surface area contributed by atoms with Gasteiger partial charge in [0, 0.05) is 12.0 Å². The van der Waals surface area contributed by atoms with Crippen molar-refractivity contribution >= 4 is 5.91 Å². The van der Waals surface area contributed by atoms with Crippen molar-refractivity contribution in [2.45, 2.75) is 13.0 Å². The monoisotopic (exact) mass is 427 g/mol. The highest BCUT2D eigenvalue weighted by molar-refractivity contribution is 5.76. The molecule has 2 aliphatic rings. The van der Waals surface area contributed by atoms with E-state index in [9.17, 15) is 4.79 Å². The molecular weight excluding hydrogens is 394 g/mol. The number of quaternary nitrogens is 2. The van der Waals surface area contributed by atoms with Gasteiger partial charge in [-0.1, -0.05) is 12.1 Å². The molecule has 0 atom stereocenters. The van der Waals surface area contributed by atoms with E-state index < -0.39 is 0 Å². The van der Waals surface area contributed by atoms with Gasteiger partial charge in [-0.15, -0.1) is 0 Å². The molecular formula is C24H33N3O4+2. The number of hydrogen-bond donors (Lipinski definition) is 3. The lowest BCUT2D eigenvalue weighted by atomic mass is 10.1. The number of carbonyl (C=O) groups excluding carboxylic acids is 1. The van der Waals surface area contributed by atoms with Crippen LogP contribution in [-0.4, -0.2) is 65.5 Å². The van der Waals surface area contributed by atoms with Gasteiger partial charge in [-0.25, -0.2) is 0 Å². The van der Waals surface area contributed by atoms with Crippen LogP contribution in [0.25, 0.3) is 0 Å². The van der Waals surface area contributed by atoms with Crippen LogP contribution in [0.15, 0.2) is 42.5 Å². The molecule has 2 aromatic rings. The van der Waals surface area contributed by atoms with Crippen LogP contribution in [0.5, 0.6) is 17.2 Å². The van der Waals surface area contributed by atoms with Gasteiger partial charge in [0.1, 0.15) is 45.1 Å². The van der Waals surface area contributed by atoms with E-state index >= 15 is 0 Å². The Morgan fingerprint density at radius 3 is 2.65 bits per heavy atom. The van der Waals surface area contributed by atoms with Gasteiger partial charge in [0.05, 0.1) is 20.3 Å². The first-order chi connectivity index (χ1) is 15.2. The number of fused-ring (bicyclic) bond motifs is 1. The van der Waals surface area contributed by atoms with Gasteiger partial charge in [-0.2, -0.15) is 0 Å². The molecule has 0 bridgehead atoms. The molecule has 2 heterocycles. The largest absolute Gasteiger partial charge is 0.493 e. The van der Waals surface area contributed by atoms with Crippen LogP contribution in [-0.2, 0) is 17.8 Å². The fourth-order valence-corrected chi connectivity index (χ4v) is 4.33. The second-order valence-electron chi connectivity index (χ2n) is 8.24. The third kappa shape index (κ3) is 5.89. The lowest BCUT2D eigenvalue weighted by molar-refractivity contribution is -1.02. The topological polar surface area (TPSA) is 65.7 Å². The average Bonchev–Trinajstić information content (AvgIpc) is 3.26. The van der Waals surface area contributed by atoms with E-state index in [-0.39, 0.29) is 5.91 Å². The Kier molecular flexibility index (Phi) is 7.27. The number of nitrogens with one attached hydrogen (secondary N) is 3. The van der Waals surface area contributed by atoms with Gasteiger partial charge in [-0.05, 0) is 35.9 Å². The number of methoxy groups -OCH3 is 1. The van der Waals surface area contributed by atoms with Crippen LogP contribution in [0.3, 0.4) is 0 Å². The van der Waals surface area contributed by atoms with Crippen molar-refractivity contribution in [3.63, 3.8) is 0 Å². The zero-order valence-corrected chi connectivity index (χ0v) is 18.2. The minimum Gasteiger partial charge on any atom is -0.493 e. The average molecular weight is 428 g/mol. The molecule has 0 radical (unpaired) electrons. The summed E-state index contributed by atoms with van der Waals surface area (Å²) in [6, 6.07) is 14.1. The molecule has 4 rings (SSSR count). The summed E-state index contributed by atoms with van der Waals surface area (Å²) in [4.78, 5) is 15.2. The fourth-order valence-electron chi connectivity index (χ4n) is 4.33. The first-order valence-electron chi connectivity index (χ1n) is 11.2. The summed E-state index contributed by atoms with van der Waals surface area (Å²) >= 11 is 0. The second-order valence-corrected chi connectivity index (χ2v) is 8.24. The Labute approximate surface area is 183 Å². The van der Waals surface area contributed by atoms with Gasteiger partial charge in [0.25, 0.3) is 5.91 Å². The van der Waals surface area contributed by atoms with E-state index in [1.54, 1.807) is 12.0 Å². The molecule has 166 valence electrons. The van der Waals surface area contributed by atoms with Crippen molar-refractivity contribution in [2.75, 3.05) is 59.6 Å². The number of amides is 1. The van der Waals surface area contributed by atoms with Crippen molar-refractivity contribution in [3.05, 3.63) is 53.6 Å². The van der Waals surface area contributed by atoms with Crippen molar-refractivity contribution in [1.29, 1.82) is 0 Å². The smallest absolute Gasteiger partial charge is 0.275 e. The molecule has 0 spiro atoms. The molecule has 0 aromatic heterocycles.